The van der Waals surface area contributed by atoms with Crippen LogP contribution in [-0.4, -0.2) is 18.7 Å². The maximum Gasteiger partial charge on any atom is 0.190 e. The van der Waals surface area contributed by atoms with Gasteiger partial charge in [-0.3, -0.25) is 9.59 Å². The molecule has 1 aromatic carbocycles. The highest BCUT2D eigenvalue weighted by atomic mass is 16.5. The van der Waals surface area contributed by atoms with Crippen molar-refractivity contribution in [3.8, 4) is 5.75 Å². The molecule has 0 bridgehead atoms. The maximum absolute atomic E-state index is 12.0. The Bertz CT molecular complexity index is 570. The van der Waals surface area contributed by atoms with Gasteiger partial charge < -0.3 is 4.74 Å². The number of rotatable bonds is 1. The molecule has 0 fully saturated rings. The van der Waals surface area contributed by atoms with E-state index >= 15 is 0 Å². The number of hydrogen-bond donors (Lipinski definition) is 0. The summed E-state index contributed by atoms with van der Waals surface area (Å²) in [7, 11) is 1.39. The predicted octanol–water partition coefficient (Wildman–Crippen LogP) is 2.02. The van der Waals surface area contributed by atoms with Gasteiger partial charge >= 0.3 is 0 Å². The van der Waals surface area contributed by atoms with Crippen LogP contribution in [0.4, 0.5) is 0 Å². The molecule has 0 atom stereocenters. The van der Waals surface area contributed by atoms with Crippen molar-refractivity contribution in [3.63, 3.8) is 0 Å². The molecule has 1 aliphatic carbocycles. The second kappa shape index (κ2) is 3.35. The Hall–Kier alpha value is -1.90. The summed E-state index contributed by atoms with van der Waals surface area (Å²) in [5.74, 6) is -0.900. The van der Waals surface area contributed by atoms with Crippen LogP contribution in [0.5, 0.6) is 5.75 Å². The Labute approximate surface area is 91.6 Å². The third-order valence-electron chi connectivity index (χ3n) is 2.26. The van der Waals surface area contributed by atoms with Gasteiger partial charge in [0.05, 0.1) is 12.7 Å². The van der Waals surface area contributed by atoms with Gasteiger partial charge in [-0.15, -0.1) is 0 Å². The standard InChI is InChI=1S/C12H10O3/c1-7-6-9(13)11-8(12(7)14)4-3-5-10(11)15-2/h3-6H,1-2H3/i1D3. The van der Waals surface area contributed by atoms with Crippen LogP contribution in [0, 0.1) is 0 Å². The van der Waals surface area contributed by atoms with Crippen LogP contribution in [0.1, 0.15) is 31.7 Å². The number of ketones is 2. The zero-order valence-corrected chi connectivity index (χ0v) is 8.03. The van der Waals surface area contributed by atoms with Crippen molar-refractivity contribution >= 4 is 11.6 Å². The van der Waals surface area contributed by atoms with E-state index in [-0.39, 0.29) is 16.9 Å². The van der Waals surface area contributed by atoms with Crippen LogP contribution >= 0.6 is 0 Å². The molecule has 0 saturated heterocycles. The number of allylic oxidation sites excluding steroid dienone is 2. The summed E-state index contributed by atoms with van der Waals surface area (Å²) in [6.45, 7) is -2.59. The number of carbonyl (C=O) groups is 2. The Kier molecular flexibility index (Phi) is 1.46. The fourth-order valence-corrected chi connectivity index (χ4v) is 1.56. The summed E-state index contributed by atoms with van der Waals surface area (Å²) in [5, 5.41) is 0. The molecule has 0 amide bonds. The van der Waals surface area contributed by atoms with Crippen LogP contribution < -0.4 is 4.74 Å². The molecule has 1 aromatic rings. The third kappa shape index (κ3) is 1.36. The van der Waals surface area contributed by atoms with Crippen LogP contribution in [0.2, 0.25) is 0 Å². The number of Topliss-reactive ketones (excluding diaryl/α,β-unsaturated/α-hetero) is 1. The largest absolute Gasteiger partial charge is 0.496 e. The van der Waals surface area contributed by atoms with Crippen molar-refractivity contribution in [2.45, 2.75) is 6.85 Å². The van der Waals surface area contributed by atoms with Crippen LogP contribution in [0.25, 0.3) is 0 Å². The molecule has 3 heteroatoms. The Morgan fingerprint density at radius 1 is 1.33 bits per heavy atom. The zero-order chi connectivity index (χ0) is 13.5. The number of benzene rings is 1. The molecule has 0 radical (unpaired) electrons. The molecule has 0 aliphatic heterocycles. The van der Waals surface area contributed by atoms with Gasteiger partial charge in [0.25, 0.3) is 0 Å². The average Bonchev–Trinajstić information content (AvgIpc) is 2.31. The second-order valence-corrected chi connectivity index (χ2v) is 3.13. The van der Waals surface area contributed by atoms with Gasteiger partial charge in [0.1, 0.15) is 5.75 Å². The lowest BCUT2D eigenvalue weighted by molar-refractivity contribution is 0.0982. The van der Waals surface area contributed by atoms with Gasteiger partial charge in [0.2, 0.25) is 0 Å². The minimum absolute atomic E-state index is 0.0768. The number of fused-ring (bicyclic) bond motifs is 1. The first kappa shape index (κ1) is 6.56. The molecule has 0 heterocycles. The van der Waals surface area contributed by atoms with E-state index in [9.17, 15) is 9.59 Å². The number of ether oxygens (including phenoxy) is 1. The summed E-state index contributed by atoms with van der Waals surface area (Å²) in [6, 6.07) is 4.53. The number of hydrogen-bond acceptors (Lipinski definition) is 3. The summed E-state index contributed by atoms with van der Waals surface area (Å²) in [4.78, 5) is 24.0. The lowest BCUT2D eigenvalue weighted by atomic mass is 9.90. The van der Waals surface area contributed by atoms with Gasteiger partial charge in [-0.2, -0.15) is 0 Å². The maximum atomic E-state index is 12.0. The summed E-state index contributed by atoms with van der Waals surface area (Å²) >= 11 is 0. The fraction of sp³-hybridized carbons (Fsp3) is 0.167. The molecule has 15 heavy (non-hydrogen) atoms. The van der Waals surface area contributed by atoms with Crippen molar-refractivity contribution in [2.75, 3.05) is 7.11 Å². The van der Waals surface area contributed by atoms with Crippen molar-refractivity contribution in [3.05, 3.63) is 41.0 Å². The topological polar surface area (TPSA) is 43.4 Å². The summed E-state index contributed by atoms with van der Waals surface area (Å²) in [6.07, 6.45) is 0.875. The van der Waals surface area contributed by atoms with E-state index in [0.29, 0.717) is 0 Å². The van der Waals surface area contributed by atoms with E-state index in [0.717, 1.165) is 6.08 Å². The van der Waals surface area contributed by atoms with Crippen molar-refractivity contribution in [1.82, 2.24) is 0 Å². The lowest BCUT2D eigenvalue weighted by Crippen LogP contribution is -2.16. The molecule has 0 saturated carbocycles. The average molecular weight is 205 g/mol. The van der Waals surface area contributed by atoms with Gasteiger partial charge in [-0.05, 0) is 19.0 Å². The van der Waals surface area contributed by atoms with Gasteiger partial charge in [-0.1, -0.05) is 12.1 Å². The van der Waals surface area contributed by atoms with E-state index in [1.54, 1.807) is 12.1 Å². The summed E-state index contributed by atoms with van der Waals surface area (Å²) in [5.41, 5.74) is -0.251. The Balaban J connectivity index is 2.65. The normalized spacial score (nSPS) is 18.5. The highest BCUT2D eigenvalue weighted by Crippen LogP contribution is 2.28. The quantitative estimate of drug-likeness (QED) is 0.704. The number of methoxy groups -OCH3 is 1. The first-order valence-corrected chi connectivity index (χ1v) is 4.34. The molecular weight excluding hydrogens is 192 g/mol. The second-order valence-electron chi connectivity index (χ2n) is 3.13. The van der Waals surface area contributed by atoms with E-state index in [1.165, 1.54) is 13.2 Å². The van der Waals surface area contributed by atoms with Crippen molar-refractivity contribution in [2.24, 2.45) is 0 Å². The van der Waals surface area contributed by atoms with Crippen molar-refractivity contribution < 1.29 is 18.4 Å². The smallest absolute Gasteiger partial charge is 0.190 e. The molecule has 1 aliphatic rings. The lowest BCUT2D eigenvalue weighted by Gasteiger charge is -2.15. The summed E-state index contributed by atoms with van der Waals surface area (Å²) < 4.78 is 26.8. The van der Waals surface area contributed by atoms with Gasteiger partial charge in [-0.25, -0.2) is 0 Å². The molecule has 0 unspecified atom stereocenters. The molecule has 0 N–H and O–H groups in total. The monoisotopic (exact) mass is 205 g/mol. The van der Waals surface area contributed by atoms with E-state index in [2.05, 4.69) is 0 Å². The highest BCUT2D eigenvalue weighted by molar-refractivity contribution is 6.25. The molecular formula is C12H10O3. The van der Waals surface area contributed by atoms with E-state index < -0.39 is 24.0 Å². The van der Waals surface area contributed by atoms with Gasteiger partial charge in [0, 0.05) is 15.2 Å². The van der Waals surface area contributed by atoms with E-state index in [1.807, 2.05) is 0 Å². The highest BCUT2D eigenvalue weighted by Gasteiger charge is 2.25. The first-order chi connectivity index (χ1) is 8.36. The third-order valence-corrected chi connectivity index (χ3v) is 2.26. The predicted molar refractivity (Wildman–Crippen MR) is 55.4 cm³/mol. The van der Waals surface area contributed by atoms with Crippen LogP contribution in [0.15, 0.2) is 29.8 Å². The molecule has 3 nitrogen and oxygen atoms in total. The minimum Gasteiger partial charge on any atom is -0.496 e. The molecule has 76 valence electrons. The SMILES string of the molecule is [2H]C([2H])([2H])C1=CC(=O)c2c(OC)cccc2C1=O. The van der Waals surface area contributed by atoms with Gasteiger partial charge in [0.15, 0.2) is 11.6 Å². The van der Waals surface area contributed by atoms with Crippen LogP contribution in [0.3, 0.4) is 0 Å². The minimum atomic E-state index is -2.59. The Morgan fingerprint density at radius 3 is 2.80 bits per heavy atom. The van der Waals surface area contributed by atoms with Crippen LogP contribution in [-0.2, 0) is 0 Å². The first-order valence-electron chi connectivity index (χ1n) is 5.84. The van der Waals surface area contributed by atoms with E-state index in [4.69, 9.17) is 8.85 Å². The number of carbonyl (C=O) groups excluding carboxylic acids is 2. The Morgan fingerprint density at radius 2 is 2.13 bits per heavy atom. The molecule has 2 rings (SSSR count). The fourth-order valence-electron chi connectivity index (χ4n) is 1.56. The zero-order valence-electron chi connectivity index (χ0n) is 11.0. The van der Waals surface area contributed by atoms with Crippen molar-refractivity contribution in [1.29, 1.82) is 0 Å². The molecule has 0 aromatic heterocycles. The molecule has 0 spiro atoms.